The van der Waals surface area contributed by atoms with Crippen molar-refractivity contribution in [3.05, 3.63) is 60.9 Å². The summed E-state index contributed by atoms with van der Waals surface area (Å²) in [4.78, 5) is 4.37. The van der Waals surface area contributed by atoms with Gasteiger partial charge in [0.2, 0.25) is 0 Å². The lowest BCUT2D eigenvalue weighted by atomic mass is 10.2. The third kappa shape index (κ3) is 2.42. The molecule has 0 aliphatic carbocycles. The van der Waals surface area contributed by atoms with Crippen LogP contribution in [0.5, 0.6) is 0 Å². The lowest BCUT2D eigenvalue weighted by molar-refractivity contribution is 0.707. The minimum absolute atomic E-state index is 0.694. The topological polar surface area (TPSA) is 47.7 Å². The van der Waals surface area contributed by atoms with Gasteiger partial charge in [0.05, 0.1) is 17.9 Å². The highest BCUT2D eigenvalue weighted by Crippen LogP contribution is 2.19. The first-order chi connectivity index (χ1) is 9.88. The van der Waals surface area contributed by atoms with Gasteiger partial charge in [-0.1, -0.05) is 12.1 Å². The van der Waals surface area contributed by atoms with E-state index >= 15 is 0 Å². The molecule has 1 N–H and O–H groups in total. The molecule has 2 aromatic heterocycles. The van der Waals surface area contributed by atoms with Gasteiger partial charge >= 0.3 is 0 Å². The molecule has 0 fully saturated rings. The van der Waals surface area contributed by atoms with Crippen LogP contribution in [0.3, 0.4) is 0 Å². The van der Waals surface area contributed by atoms with Gasteiger partial charge in [0, 0.05) is 31.3 Å². The van der Waals surface area contributed by atoms with Crippen molar-refractivity contribution < 1.29 is 0 Å². The van der Waals surface area contributed by atoms with Crippen LogP contribution in [0.25, 0.3) is 5.69 Å². The molecule has 0 unspecified atom stereocenters. The second-order valence-electron chi connectivity index (χ2n) is 4.45. The first kappa shape index (κ1) is 12.5. The molecule has 3 rings (SSSR count). The van der Waals surface area contributed by atoms with Gasteiger partial charge in [-0.25, -0.2) is 9.67 Å². The fourth-order valence-electron chi connectivity index (χ4n) is 2.20. The quantitative estimate of drug-likeness (QED) is 0.773. The van der Waals surface area contributed by atoms with Crippen molar-refractivity contribution in [1.29, 1.82) is 0 Å². The molecule has 5 nitrogen and oxygen atoms in total. The predicted octanol–water partition coefficient (Wildman–Crippen LogP) is 2.70. The Bertz CT molecular complexity index is 669. The van der Waals surface area contributed by atoms with Crippen LogP contribution in [0.15, 0.2) is 55.1 Å². The zero-order valence-electron chi connectivity index (χ0n) is 11.4. The fraction of sp³-hybridized carbons (Fsp3) is 0.200. The minimum Gasteiger partial charge on any atom is -0.376 e. The van der Waals surface area contributed by atoms with Crippen molar-refractivity contribution in [2.75, 3.05) is 5.32 Å². The van der Waals surface area contributed by atoms with Gasteiger partial charge in [-0.3, -0.25) is 0 Å². The molecular formula is C15H17N5. The largest absolute Gasteiger partial charge is 0.376 e. The zero-order valence-corrected chi connectivity index (χ0v) is 11.4. The van der Waals surface area contributed by atoms with E-state index in [1.165, 1.54) is 0 Å². The molecule has 1 aromatic carbocycles. The van der Waals surface area contributed by atoms with Gasteiger partial charge < -0.3 is 9.88 Å². The highest BCUT2D eigenvalue weighted by atomic mass is 15.3. The van der Waals surface area contributed by atoms with E-state index in [0.717, 1.165) is 23.7 Å². The number of para-hydroxylation sites is 2. The molecule has 5 heteroatoms. The van der Waals surface area contributed by atoms with E-state index in [-0.39, 0.29) is 0 Å². The number of benzene rings is 1. The van der Waals surface area contributed by atoms with E-state index in [2.05, 4.69) is 33.0 Å². The second-order valence-corrected chi connectivity index (χ2v) is 4.45. The van der Waals surface area contributed by atoms with E-state index < -0.39 is 0 Å². The smallest absolute Gasteiger partial charge is 0.128 e. The molecule has 0 spiro atoms. The normalized spacial score (nSPS) is 10.7. The SMILES string of the molecule is CCn1ccnc1CNc1ccccc1-n1cccn1. The molecule has 20 heavy (non-hydrogen) atoms. The third-order valence-corrected chi connectivity index (χ3v) is 3.23. The number of imidazole rings is 1. The van der Waals surface area contributed by atoms with Gasteiger partial charge in [-0.15, -0.1) is 0 Å². The number of hydrogen-bond donors (Lipinski definition) is 1. The van der Waals surface area contributed by atoms with Gasteiger partial charge in [-0.05, 0) is 25.1 Å². The third-order valence-electron chi connectivity index (χ3n) is 3.23. The standard InChI is InChI=1S/C15H17N5/c1-2-19-11-9-16-15(19)12-17-13-6-3-4-7-14(13)20-10-5-8-18-20/h3-11,17H,2,12H2,1H3. The summed E-state index contributed by atoms with van der Waals surface area (Å²) in [5.41, 5.74) is 2.08. The summed E-state index contributed by atoms with van der Waals surface area (Å²) in [5, 5.41) is 7.72. The second kappa shape index (κ2) is 5.61. The molecule has 3 aromatic rings. The van der Waals surface area contributed by atoms with Crippen molar-refractivity contribution in [3.8, 4) is 5.69 Å². The summed E-state index contributed by atoms with van der Waals surface area (Å²) in [5.74, 6) is 1.03. The van der Waals surface area contributed by atoms with Gasteiger partial charge in [0.1, 0.15) is 5.82 Å². The maximum Gasteiger partial charge on any atom is 0.128 e. The summed E-state index contributed by atoms with van der Waals surface area (Å²) < 4.78 is 3.98. The molecule has 102 valence electrons. The molecule has 0 aliphatic heterocycles. The molecule has 2 heterocycles. The van der Waals surface area contributed by atoms with Crippen LogP contribution in [0.2, 0.25) is 0 Å². The van der Waals surface area contributed by atoms with Crippen molar-refractivity contribution in [1.82, 2.24) is 19.3 Å². The van der Waals surface area contributed by atoms with Crippen molar-refractivity contribution >= 4 is 5.69 Å². The summed E-state index contributed by atoms with van der Waals surface area (Å²) in [6.07, 6.45) is 7.55. The first-order valence-corrected chi connectivity index (χ1v) is 6.71. The van der Waals surface area contributed by atoms with E-state index in [9.17, 15) is 0 Å². The van der Waals surface area contributed by atoms with Crippen LogP contribution >= 0.6 is 0 Å². The summed E-state index contributed by atoms with van der Waals surface area (Å²) in [6.45, 7) is 3.74. The van der Waals surface area contributed by atoms with Crippen LogP contribution in [0.1, 0.15) is 12.7 Å². The van der Waals surface area contributed by atoms with E-state index in [0.29, 0.717) is 6.54 Å². The Kier molecular flexibility index (Phi) is 3.50. The number of rotatable bonds is 5. The maximum atomic E-state index is 4.37. The predicted molar refractivity (Wildman–Crippen MR) is 78.8 cm³/mol. The van der Waals surface area contributed by atoms with Crippen LogP contribution in [0, 0.1) is 0 Å². The van der Waals surface area contributed by atoms with Crippen molar-refractivity contribution in [3.63, 3.8) is 0 Å². The lowest BCUT2D eigenvalue weighted by Crippen LogP contribution is -2.09. The summed E-state index contributed by atoms with van der Waals surface area (Å²) in [6, 6.07) is 10.0. The van der Waals surface area contributed by atoms with Crippen molar-refractivity contribution in [2.45, 2.75) is 20.0 Å². The molecule has 0 radical (unpaired) electrons. The van der Waals surface area contributed by atoms with Crippen LogP contribution in [0.4, 0.5) is 5.69 Å². The fourth-order valence-corrected chi connectivity index (χ4v) is 2.20. The number of aromatic nitrogens is 4. The average Bonchev–Trinajstić information content (AvgIpc) is 3.16. The molecule has 0 atom stereocenters. The Morgan fingerprint density at radius 2 is 2.00 bits per heavy atom. The lowest BCUT2D eigenvalue weighted by Gasteiger charge is -2.12. The molecule has 0 saturated heterocycles. The van der Waals surface area contributed by atoms with Crippen LogP contribution in [-0.2, 0) is 13.1 Å². The monoisotopic (exact) mass is 267 g/mol. The van der Waals surface area contributed by atoms with Crippen molar-refractivity contribution in [2.24, 2.45) is 0 Å². The number of aryl methyl sites for hydroxylation is 1. The Balaban J connectivity index is 1.81. The van der Waals surface area contributed by atoms with Crippen LogP contribution < -0.4 is 5.32 Å². The molecule has 0 amide bonds. The highest BCUT2D eigenvalue weighted by molar-refractivity contribution is 5.60. The minimum atomic E-state index is 0.694. The van der Waals surface area contributed by atoms with Gasteiger partial charge in [0.25, 0.3) is 0 Å². The van der Waals surface area contributed by atoms with E-state index in [1.54, 1.807) is 6.20 Å². The molecule has 0 bridgehead atoms. The van der Waals surface area contributed by atoms with Gasteiger partial charge in [0.15, 0.2) is 0 Å². The Morgan fingerprint density at radius 1 is 1.10 bits per heavy atom. The Labute approximate surface area is 117 Å². The Hall–Kier alpha value is -2.56. The first-order valence-electron chi connectivity index (χ1n) is 6.71. The highest BCUT2D eigenvalue weighted by Gasteiger charge is 2.05. The van der Waals surface area contributed by atoms with E-state index in [4.69, 9.17) is 0 Å². The van der Waals surface area contributed by atoms with E-state index in [1.807, 2.05) is 47.5 Å². The molecular weight excluding hydrogens is 250 g/mol. The number of anilines is 1. The zero-order chi connectivity index (χ0) is 13.8. The average molecular weight is 267 g/mol. The summed E-state index contributed by atoms with van der Waals surface area (Å²) >= 11 is 0. The van der Waals surface area contributed by atoms with Crippen LogP contribution in [-0.4, -0.2) is 19.3 Å². The summed E-state index contributed by atoms with van der Waals surface area (Å²) in [7, 11) is 0. The molecule has 0 saturated carbocycles. The molecule has 0 aliphatic rings. The Morgan fingerprint density at radius 3 is 2.80 bits per heavy atom. The number of hydrogen-bond acceptors (Lipinski definition) is 3. The number of nitrogens with one attached hydrogen (secondary N) is 1. The van der Waals surface area contributed by atoms with Gasteiger partial charge in [-0.2, -0.15) is 5.10 Å². The number of nitrogens with zero attached hydrogens (tertiary/aromatic N) is 4. The maximum absolute atomic E-state index is 4.37.